The first kappa shape index (κ1) is 21.6. The van der Waals surface area contributed by atoms with Crippen LogP contribution in [0.4, 0.5) is 0 Å². The van der Waals surface area contributed by atoms with E-state index in [0.717, 1.165) is 24.4 Å². The number of halogens is 1. The fourth-order valence-electron chi connectivity index (χ4n) is 2.64. The second kappa shape index (κ2) is 9.88. The molecule has 1 aromatic carbocycles. The van der Waals surface area contributed by atoms with Crippen LogP contribution < -0.4 is 20.1 Å². The van der Waals surface area contributed by atoms with E-state index in [-0.39, 0.29) is 30.3 Å². The normalized spacial score (nSPS) is 16.4. The average Bonchev–Trinajstić information content (AvgIpc) is 2.50. The molecule has 2 N–H and O–H groups in total. The number of methoxy groups -OCH3 is 1. The van der Waals surface area contributed by atoms with E-state index in [2.05, 4.69) is 24.5 Å². The highest BCUT2D eigenvalue weighted by Crippen LogP contribution is 2.31. The molecule has 0 bridgehead atoms. The molecular formula is C19H31ClN2O3. The molecule has 142 valence electrons. The molecule has 0 spiro atoms. The van der Waals surface area contributed by atoms with Crippen molar-refractivity contribution in [2.45, 2.75) is 33.7 Å². The van der Waals surface area contributed by atoms with Crippen molar-refractivity contribution in [3.63, 3.8) is 0 Å². The maximum atomic E-state index is 12.4. The summed E-state index contributed by atoms with van der Waals surface area (Å²) < 4.78 is 11.2. The van der Waals surface area contributed by atoms with E-state index in [0.29, 0.717) is 24.2 Å². The van der Waals surface area contributed by atoms with E-state index in [9.17, 15) is 4.79 Å². The van der Waals surface area contributed by atoms with Crippen molar-refractivity contribution in [2.75, 3.05) is 26.8 Å². The Kier molecular flexibility index (Phi) is 8.53. The van der Waals surface area contributed by atoms with Gasteiger partial charge in [-0.05, 0) is 49.5 Å². The first-order valence-corrected chi connectivity index (χ1v) is 8.74. The summed E-state index contributed by atoms with van der Waals surface area (Å²) in [5.41, 5.74) is 1.01. The highest BCUT2D eigenvalue weighted by molar-refractivity contribution is 5.85. The minimum absolute atomic E-state index is 0. The maximum Gasteiger partial charge on any atom is 0.223 e. The molecule has 1 aliphatic heterocycles. The van der Waals surface area contributed by atoms with Crippen molar-refractivity contribution in [3.8, 4) is 11.5 Å². The minimum Gasteiger partial charge on any atom is -0.493 e. The van der Waals surface area contributed by atoms with Gasteiger partial charge in [0.2, 0.25) is 5.91 Å². The summed E-state index contributed by atoms with van der Waals surface area (Å²) in [6.45, 7) is 10.7. The molecule has 2 rings (SSSR count). The van der Waals surface area contributed by atoms with Gasteiger partial charge in [0.25, 0.3) is 0 Å². The molecule has 5 nitrogen and oxygen atoms in total. The van der Waals surface area contributed by atoms with Crippen molar-refractivity contribution in [2.24, 2.45) is 17.8 Å². The SMILES string of the molecule is COc1cc(C(C)NC(=O)C(C)C2CNC2)ccc1OCC(C)C.Cl. The van der Waals surface area contributed by atoms with E-state index in [1.54, 1.807) is 7.11 Å². The van der Waals surface area contributed by atoms with E-state index >= 15 is 0 Å². The number of hydrogen-bond acceptors (Lipinski definition) is 4. The van der Waals surface area contributed by atoms with Crippen LogP contribution in [0.15, 0.2) is 18.2 Å². The van der Waals surface area contributed by atoms with Crippen LogP contribution in [0.5, 0.6) is 11.5 Å². The van der Waals surface area contributed by atoms with E-state index in [4.69, 9.17) is 9.47 Å². The number of carbonyl (C=O) groups is 1. The quantitative estimate of drug-likeness (QED) is 0.737. The lowest BCUT2D eigenvalue weighted by atomic mass is 9.88. The second-order valence-corrected chi connectivity index (χ2v) is 7.05. The molecule has 0 aromatic heterocycles. The average molecular weight is 371 g/mol. The molecule has 1 aromatic rings. The van der Waals surface area contributed by atoms with Crippen LogP contribution in [0.25, 0.3) is 0 Å². The molecule has 1 aliphatic rings. The third-order valence-corrected chi connectivity index (χ3v) is 4.55. The van der Waals surface area contributed by atoms with Crippen molar-refractivity contribution in [1.82, 2.24) is 10.6 Å². The van der Waals surface area contributed by atoms with Crippen LogP contribution in [0.2, 0.25) is 0 Å². The van der Waals surface area contributed by atoms with Gasteiger partial charge < -0.3 is 20.1 Å². The van der Waals surface area contributed by atoms with Gasteiger partial charge in [0.05, 0.1) is 19.8 Å². The Balaban J connectivity index is 0.00000312. The molecule has 2 atom stereocenters. The number of hydrogen-bond donors (Lipinski definition) is 2. The Hall–Kier alpha value is -1.46. The lowest BCUT2D eigenvalue weighted by molar-refractivity contribution is -0.127. The van der Waals surface area contributed by atoms with Gasteiger partial charge in [-0.2, -0.15) is 0 Å². The Bertz CT molecular complexity index is 562. The molecule has 1 amide bonds. The van der Waals surface area contributed by atoms with Crippen molar-refractivity contribution >= 4 is 18.3 Å². The highest BCUT2D eigenvalue weighted by Gasteiger charge is 2.29. The topological polar surface area (TPSA) is 59.6 Å². The smallest absolute Gasteiger partial charge is 0.223 e. The molecule has 25 heavy (non-hydrogen) atoms. The fraction of sp³-hybridized carbons (Fsp3) is 0.632. The molecule has 1 saturated heterocycles. The Morgan fingerprint density at radius 3 is 2.44 bits per heavy atom. The van der Waals surface area contributed by atoms with Gasteiger partial charge in [0, 0.05) is 5.92 Å². The number of rotatable bonds is 8. The van der Waals surface area contributed by atoms with Gasteiger partial charge in [0.15, 0.2) is 11.5 Å². The summed E-state index contributed by atoms with van der Waals surface area (Å²) >= 11 is 0. The molecule has 0 saturated carbocycles. The van der Waals surface area contributed by atoms with E-state index < -0.39 is 0 Å². The highest BCUT2D eigenvalue weighted by atomic mass is 35.5. The van der Waals surface area contributed by atoms with E-state index in [1.165, 1.54) is 0 Å². The minimum atomic E-state index is -0.0685. The summed E-state index contributed by atoms with van der Waals surface area (Å²) in [6.07, 6.45) is 0. The number of ether oxygens (including phenoxy) is 2. The lowest BCUT2D eigenvalue weighted by Gasteiger charge is -2.32. The van der Waals surface area contributed by atoms with Crippen LogP contribution in [-0.2, 0) is 4.79 Å². The summed E-state index contributed by atoms with van der Waals surface area (Å²) in [5.74, 6) is 2.47. The van der Waals surface area contributed by atoms with Gasteiger partial charge in [-0.15, -0.1) is 12.4 Å². The zero-order valence-electron chi connectivity index (χ0n) is 15.8. The van der Waals surface area contributed by atoms with Crippen LogP contribution >= 0.6 is 12.4 Å². The summed E-state index contributed by atoms with van der Waals surface area (Å²) in [6, 6.07) is 5.77. The summed E-state index contributed by atoms with van der Waals surface area (Å²) in [5, 5.41) is 6.32. The Labute approximate surface area is 157 Å². The Morgan fingerprint density at radius 2 is 1.92 bits per heavy atom. The van der Waals surface area contributed by atoms with Crippen molar-refractivity contribution < 1.29 is 14.3 Å². The summed E-state index contributed by atoms with van der Waals surface area (Å²) in [4.78, 5) is 12.4. The molecule has 1 fully saturated rings. The Morgan fingerprint density at radius 1 is 1.24 bits per heavy atom. The molecule has 0 aliphatic carbocycles. The van der Waals surface area contributed by atoms with Crippen molar-refractivity contribution in [3.05, 3.63) is 23.8 Å². The molecule has 0 radical (unpaired) electrons. The third-order valence-electron chi connectivity index (χ3n) is 4.55. The predicted molar refractivity (Wildman–Crippen MR) is 103 cm³/mol. The maximum absolute atomic E-state index is 12.4. The van der Waals surface area contributed by atoms with E-state index in [1.807, 2.05) is 32.0 Å². The van der Waals surface area contributed by atoms with Gasteiger partial charge in [-0.3, -0.25) is 4.79 Å². The largest absolute Gasteiger partial charge is 0.493 e. The van der Waals surface area contributed by atoms with Crippen molar-refractivity contribution in [1.29, 1.82) is 0 Å². The first-order valence-electron chi connectivity index (χ1n) is 8.74. The van der Waals surface area contributed by atoms with Gasteiger partial charge in [-0.25, -0.2) is 0 Å². The predicted octanol–water partition coefficient (Wildman–Crippen LogP) is 3.18. The zero-order chi connectivity index (χ0) is 17.7. The monoisotopic (exact) mass is 370 g/mol. The standard InChI is InChI=1S/C19H30N2O3.ClH/c1-12(2)11-24-17-7-6-15(8-18(17)23-5)14(4)21-19(22)13(3)16-9-20-10-16;/h6-8,12-14,16,20H,9-11H2,1-5H3,(H,21,22);1H. The van der Waals surface area contributed by atoms with Crippen LogP contribution in [0.3, 0.4) is 0 Å². The second-order valence-electron chi connectivity index (χ2n) is 7.05. The van der Waals surface area contributed by atoms with Crippen LogP contribution in [0.1, 0.15) is 39.3 Å². The molecule has 6 heteroatoms. The first-order chi connectivity index (χ1) is 11.4. The molecule has 1 heterocycles. The number of nitrogens with one attached hydrogen (secondary N) is 2. The molecular weight excluding hydrogens is 340 g/mol. The van der Waals surface area contributed by atoms with Gasteiger partial charge >= 0.3 is 0 Å². The number of amides is 1. The lowest BCUT2D eigenvalue weighted by Crippen LogP contribution is -2.49. The van der Waals surface area contributed by atoms with Crippen LogP contribution in [0, 0.1) is 17.8 Å². The van der Waals surface area contributed by atoms with Gasteiger partial charge in [0.1, 0.15) is 0 Å². The fourth-order valence-corrected chi connectivity index (χ4v) is 2.64. The zero-order valence-corrected chi connectivity index (χ0v) is 16.6. The van der Waals surface area contributed by atoms with Crippen LogP contribution in [-0.4, -0.2) is 32.7 Å². The number of benzene rings is 1. The number of carbonyl (C=O) groups excluding carboxylic acids is 1. The molecule has 2 unspecified atom stereocenters. The summed E-state index contributed by atoms with van der Waals surface area (Å²) in [7, 11) is 1.64. The third kappa shape index (κ3) is 5.79. The van der Waals surface area contributed by atoms with Gasteiger partial charge in [-0.1, -0.05) is 26.8 Å².